The quantitative estimate of drug-likeness (QED) is 0.0529. The number of hydrogen-bond acceptors (Lipinski definition) is 22. The number of rotatable bonds is 2. The van der Waals surface area contributed by atoms with E-state index in [0.29, 0.717) is 0 Å². The van der Waals surface area contributed by atoms with E-state index in [4.69, 9.17) is 0 Å². The summed E-state index contributed by atoms with van der Waals surface area (Å²) in [5, 5.41) is 54.3. The molecule has 18 fully saturated rings. The van der Waals surface area contributed by atoms with Gasteiger partial charge in [-0.1, -0.05) is 446 Å². The number of hydrogen-bond donors (Lipinski definition) is 14. The normalized spacial score (nSPS) is 62.1. The molecule has 18 rings (SSSR count). The van der Waals surface area contributed by atoms with E-state index in [1.807, 2.05) is 0 Å². The molecule has 0 amide bonds. The smallest absolute Gasteiger partial charge is 0.748 e. The zero-order valence-corrected chi connectivity index (χ0v) is 110. The Morgan fingerprint density at radius 3 is 0.580 bits per heavy atom. The first-order chi connectivity index (χ1) is 55.3. The summed E-state index contributed by atoms with van der Waals surface area (Å²) >= 11 is 122. The first kappa shape index (κ1) is 106. The van der Waals surface area contributed by atoms with E-state index in [0.717, 1.165) is 12.8 Å². The minimum Gasteiger partial charge on any atom is -0.748 e. The summed E-state index contributed by atoms with van der Waals surface area (Å²) in [5.41, 5.74) is 0. The Morgan fingerprint density at radius 2 is 0.361 bits per heavy atom. The average Bonchev–Trinajstić information content (AvgIpc) is 1.57. The second-order valence-corrected chi connectivity index (χ2v) is 69.5. The molecule has 10 aliphatic heterocycles. The standard InChI is InChI=1S/2C32H41Br15N8O3S.Cu/c2*33-3-1-2-4(12(35)11(3)34)26-48-25(2)49-30-10-7(15(38)22(45)23(46)24(10)59(56,57)58)28(52-30)50-27-5-6(14(37)19(42)18(41)13(5)36)29(51-27)54-32-9-8(31(53-26)55(32)47)16(39)20(43)21(44)17(9)40;/h2*2-32,48-54H,1H2,(H,56,57,58);/q;;+2/p-2. The van der Waals surface area contributed by atoms with Gasteiger partial charge in [-0.2, -0.15) is 0 Å². The molecular weight excluding hydrogens is 3610 g/mol. The van der Waals surface area contributed by atoms with Crippen LogP contribution in [-0.4, -0.2) is 278 Å². The average molecular weight is 3690 g/mol. The van der Waals surface area contributed by atoms with E-state index >= 15 is 0 Å². The molecule has 8 aliphatic carbocycles. The van der Waals surface area contributed by atoms with Crippen LogP contribution in [0.4, 0.5) is 0 Å². The minimum absolute atomic E-state index is 0. The van der Waals surface area contributed by atoms with Crippen molar-refractivity contribution in [1.82, 2.24) is 82.3 Å². The van der Waals surface area contributed by atoms with Crippen molar-refractivity contribution in [3.8, 4) is 0 Å². The second kappa shape index (κ2) is 41.4. The molecule has 22 nitrogen and oxygen atoms in total. The van der Waals surface area contributed by atoms with E-state index in [1.165, 1.54) is 0 Å². The molecule has 10 heterocycles. The number of halogens is 30. The summed E-state index contributed by atoms with van der Waals surface area (Å²) in [5.74, 6) is -0.0814. The van der Waals surface area contributed by atoms with Crippen LogP contribution in [0.5, 0.6) is 0 Å². The minimum atomic E-state index is -4.75. The molecule has 16 bridgehead atoms. The SMILES string of the molecule is O=S(=O)([O-])C1C(Br)C(Br)C(Br)C2C3NC4NC(NC5C6C(Br)C(Br)C(Br)C(Br)C6C(NC6NC(NC(N3)C21)C1CC(Br)C(Br)C(Br)C61)N5Br)C1C(Br)C(Br)C(Br)C(Br)C41.O=S(=O)([O-])C1C(Br)C(Br)C(Br)C2C3NC4NC(NC5C6C(Br)C(Br)C(Br)C(Br)C6C(NC6NC(NC(N3)C21)C1CC(Br)C(Br)C(Br)C61)N5Br)C1C(Br)C(Br)C(Br)C(Br)C41.[Cu+2]. The number of alkyl halides is 28. The summed E-state index contributed by atoms with van der Waals surface area (Å²) in [4.78, 5) is 0.700. The van der Waals surface area contributed by atoms with Crippen molar-refractivity contribution in [2.24, 2.45) is 94.7 Å². The van der Waals surface area contributed by atoms with E-state index in [9.17, 15) is 25.9 Å². The van der Waals surface area contributed by atoms with Crippen LogP contribution < -0.4 is 74.4 Å². The van der Waals surface area contributed by atoms with Crippen molar-refractivity contribution in [2.45, 2.75) is 257 Å². The topological polar surface area (TPSA) is 289 Å². The van der Waals surface area contributed by atoms with Crippen molar-refractivity contribution in [2.75, 3.05) is 0 Å². The second-order valence-electron chi connectivity index (χ2n) is 34.9. The van der Waals surface area contributed by atoms with Crippen LogP contribution in [0.3, 0.4) is 0 Å². The Balaban J connectivity index is 0.000000176. The van der Waals surface area contributed by atoms with Gasteiger partial charge in [0.1, 0.15) is 0 Å². The maximum atomic E-state index is 13.4. The van der Waals surface area contributed by atoms with Crippen LogP contribution in [0.1, 0.15) is 12.8 Å². The maximum absolute atomic E-state index is 13.4. The van der Waals surface area contributed by atoms with Crippen LogP contribution in [0.25, 0.3) is 0 Å². The number of nitrogens with zero attached hydrogens (tertiary/aromatic N) is 2. The van der Waals surface area contributed by atoms with Gasteiger partial charge < -0.3 is 9.11 Å². The Kier molecular flexibility index (Phi) is 36.9. The van der Waals surface area contributed by atoms with Crippen molar-refractivity contribution >= 4 is 499 Å². The summed E-state index contributed by atoms with van der Waals surface area (Å²) in [6.45, 7) is 0. The van der Waals surface area contributed by atoms with Gasteiger partial charge in [-0.3, -0.25) is 74.4 Å². The van der Waals surface area contributed by atoms with Gasteiger partial charge in [0.25, 0.3) is 0 Å². The molecule has 0 aromatic rings. The molecule has 55 heteroatoms. The molecular formula is C64H80Br30CuN16O6S2. The summed E-state index contributed by atoms with van der Waals surface area (Å²) in [7, 11) is -9.50. The van der Waals surface area contributed by atoms with Crippen LogP contribution in [-0.2, 0) is 37.3 Å². The fraction of sp³-hybridized carbons (Fsp3) is 1.00. The van der Waals surface area contributed by atoms with Crippen molar-refractivity contribution in [3.63, 3.8) is 0 Å². The summed E-state index contributed by atoms with van der Waals surface area (Å²) < 4.78 is 85.3. The van der Waals surface area contributed by atoms with Gasteiger partial charge in [-0.25, -0.2) is 24.7 Å². The van der Waals surface area contributed by atoms with Crippen LogP contribution >= 0.6 is 478 Å². The van der Waals surface area contributed by atoms with Crippen molar-refractivity contribution < 1.29 is 43.0 Å². The summed E-state index contributed by atoms with van der Waals surface area (Å²) in [6.07, 6.45) is -1.83. The Hall–Kier alpha value is 14.1. The summed E-state index contributed by atoms with van der Waals surface area (Å²) in [6, 6.07) is 0. The third-order valence-electron chi connectivity index (χ3n) is 29.5. The molecule has 0 spiro atoms. The maximum Gasteiger partial charge on any atom is 2.00 e. The molecule has 18 aliphatic rings. The third-order valence-corrected chi connectivity index (χ3v) is 80.8. The molecule has 62 unspecified atom stereocenters. The molecule has 0 aromatic heterocycles. The fourth-order valence-corrected chi connectivity index (χ4v) is 58.1. The van der Waals surface area contributed by atoms with Crippen LogP contribution in [0.15, 0.2) is 0 Å². The number of nitrogens with one attached hydrogen (secondary N) is 14. The molecule has 685 valence electrons. The van der Waals surface area contributed by atoms with Gasteiger partial charge in [-0.15, -0.1) is 0 Å². The monoisotopic (exact) mass is 3660 g/mol. The van der Waals surface area contributed by atoms with E-state index < -0.39 is 64.6 Å². The zero-order chi connectivity index (χ0) is 85.3. The van der Waals surface area contributed by atoms with Gasteiger partial charge in [0.2, 0.25) is 0 Å². The van der Waals surface area contributed by atoms with Crippen molar-refractivity contribution in [3.05, 3.63) is 0 Å². The van der Waals surface area contributed by atoms with Gasteiger partial charge in [0.15, 0.2) is 0 Å². The molecule has 14 N–H and O–H groups in total. The first-order valence-electron chi connectivity index (χ1n) is 38.7. The third kappa shape index (κ3) is 18.7. The zero-order valence-electron chi connectivity index (χ0n) is 60.0. The Morgan fingerprint density at radius 1 is 0.202 bits per heavy atom. The Labute approximate surface area is 958 Å². The van der Waals surface area contributed by atoms with E-state index in [-0.39, 0.29) is 312 Å². The molecule has 62 atom stereocenters. The molecule has 0 aromatic carbocycles. The largest absolute Gasteiger partial charge is 2.00 e. The Bertz CT molecular complexity index is 3680. The predicted octanol–water partition coefficient (Wildman–Crippen LogP) is 14.8. The van der Waals surface area contributed by atoms with Gasteiger partial charge in [0.05, 0.1) is 129 Å². The molecule has 119 heavy (non-hydrogen) atoms. The van der Waals surface area contributed by atoms with Gasteiger partial charge >= 0.3 is 17.1 Å². The van der Waals surface area contributed by atoms with E-state index in [2.05, 4.69) is 561 Å². The fourth-order valence-electron chi connectivity index (χ4n) is 24.4. The van der Waals surface area contributed by atoms with E-state index in [1.54, 1.807) is 0 Å². The van der Waals surface area contributed by atoms with Gasteiger partial charge in [-0.05, 0) is 24.7 Å². The first-order valence-corrected chi connectivity index (χ1v) is 68.7. The predicted molar refractivity (Wildman–Crippen MR) is 574 cm³/mol. The molecule has 10 saturated heterocycles. The van der Waals surface area contributed by atoms with Gasteiger partial charge in [0, 0.05) is 250 Å². The van der Waals surface area contributed by atoms with Crippen molar-refractivity contribution in [1.29, 1.82) is 0 Å². The van der Waals surface area contributed by atoms with Crippen LogP contribution in [0, 0.1) is 94.7 Å². The van der Waals surface area contributed by atoms with Crippen LogP contribution in [0.2, 0.25) is 0 Å². The molecule has 8 saturated carbocycles. The molecule has 1 radical (unpaired) electrons. The number of fused-ring (bicyclic) bond motifs is 40.